The lowest BCUT2D eigenvalue weighted by atomic mass is 9.97. The van der Waals surface area contributed by atoms with Gasteiger partial charge in [-0.25, -0.2) is 17.5 Å². The molecule has 33 heavy (non-hydrogen) atoms. The van der Waals surface area contributed by atoms with E-state index in [1.165, 1.54) is 48.5 Å². The number of halogens is 1. The van der Waals surface area contributed by atoms with Crippen molar-refractivity contribution in [3.8, 4) is 0 Å². The van der Waals surface area contributed by atoms with Crippen LogP contribution in [0.1, 0.15) is 37.6 Å². The van der Waals surface area contributed by atoms with Crippen LogP contribution in [-0.2, 0) is 19.6 Å². The first-order chi connectivity index (χ1) is 15.4. The Morgan fingerprint density at radius 1 is 1.06 bits per heavy atom. The van der Waals surface area contributed by atoms with Crippen LogP contribution in [0.2, 0.25) is 0 Å². The van der Waals surface area contributed by atoms with E-state index in [0.29, 0.717) is 25.3 Å². The molecule has 178 valence electrons. The van der Waals surface area contributed by atoms with E-state index >= 15 is 0 Å². The highest BCUT2D eigenvalue weighted by atomic mass is 32.2. The standard InChI is InChI=1S/C23H28FN3O5S/c1-23(2,3)27-33(30,31)19-10-8-18(9-11-19)25-22(29)20(12-15-13-32-14-15)26-21(28)16-4-6-17(24)7-5-16/h4-11,15,20,27H,12-14H2,1-3H3,(H,25,29)(H,26,28)/t20-/m0/s1. The second-order valence-electron chi connectivity index (χ2n) is 9.04. The molecule has 2 aromatic carbocycles. The lowest BCUT2D eigenvalue weighted by Crippen LogP contribution is -2.47. The van der Waals surface area contributed by atoms with Crippen LogP contribution >= 0.6 is 0 Å². The molecule has 3 N–H and O–H groups in total. The molecule has 1 atom stereocenters. The Bertz CT molecular complexity index is 1090. The largest absolute Gasteiger partial charge is 0.381 e. The van der Waals surface area contributed by atoms with Crippen LogP contribution in [0.3, 0.4) is 0 Å². The molecule has 1 heterocycles. The maximum Gasteiger partial charge on any atom is 0.251 e. The fourth-order valence-electron chi connectivity index (χ4n) is 3.24. The fraction of sp³-hybridized carbons (Fsp3) is 0.391. The maximum absolute atomic E-state index is 13.1. The summed E-state index contributed by atoms with van der Waals surface area (Å²) in [4.78, 5) is 25.6. The number of ether oxygens (including phenoxy) is 1. The molecular formula is C23H28FN3O5S. The van der Waals surface area contributed by atoms with Crippen molar-refractivity contribution >= 4 is 27.5 Å². The minimum absolute atomic E-state index is 0.0724. The van der Waals surface area contributed by atoms with E-state index in [1.807, 2.05) is 0 Å². The predicted octanol–water partition coefficient (Wildman–Crippen LogP) is 2.68. The van der Waals surface area contributed by atoms with E-state index in [0.717, 1.165) is 0 Å². The first-order valence-corrected chi connectivity index (χ1v) is 12.0. The highest BCUT2D eigenvalue weighted by molar-refractivity contribution is 7.89. The minimum Gasteiger partial charge on any atom is -0.381 e. The zero-order valence-corrected chi connectivity index (χ0v) is 19.5. The van der Waals surface area contributed by atoms with Gasteiger partial charge in [0.15, 0.2) is 0 Å². The number of nitrogens with one attached hydrogen (secondary N) is 3. The molecule has 0 aliphatic carbocycles. The van der Waals surface area contributed by atoms with Gasteiger partial charge in [0.05, 0.1) is 18.1 Å². The Morgan fingerprint density at radius 3 is 2.18 bits per heavy atom. The van der Waals surface area contributed by atoms with Crippen molar-refractivity contribution in [3.63, 3.8) is 0 Å². The van der Waals surface area contributed by atoms with Gasteiger partial charge in [0.1, 0.15) is 11.9 Å². The molecule has 2 aromatic rings. The van der Waals surface area contributed by atoms with Gasteiger partial charge in [-0.1, -0.05) is 0 Å². The van der Waals surface area contributed by atoms with Gasteiger partial charge < -0.3 is 15.4 Å². The highest BCUT2D eigenvalue weighted by Crippen LogP contribution is 2.20. The van der Waals surface area contributed by atoms with E-state index in [9.17, 15) is 22.4 Å². The topological polar surface area (TPSA) is 114 Å². The summed E-state index contributed by atoms with van der Waals surface area (Å²) in [6.07, 6.45) is 0.376. The zero-order valence-electron chi connectivity index (χ0n) is 18.7. The molecule has 1 saturated heterocycles. The summed E-state index contributed by atoms with van der Waals surface area (Å²) in [5.41, 5.74) is -0.00651. The van der Waals surface area contributed by atoms with Gasteiger partial charge in [0.2, 0.25) is 15.9 Å². The molecule has 10 heteroatoms. The summed E-state index contributed by atoms with van der Waals surface area (Å²) < 4.78 is 45.8. The number of benzene rings is 2. The zero-order chi connectivity index (χ0) is 24.2. The number of hydrogen-bond donors (Lipinski definition) is 3. The summed E-state index contributed by atoms with van der Waals surface area (Å²) in [7, 11) is -3.70. The third kappa shape index (κ3) is 7.08. The highest BCUT2D eigenvalue weighted by Gasteiger charge is 2.29. The molecule has 3 rings (SSSR count). The Balaban J connectivity index is 1.69. The quantitative estimate of drug-likeness (QED) is 0.541. The molecule has 0 bridgehead atoms. The van der Waals surface area contributed by atoms with Crippen LogP contribution in [0.25, 0.3) is 0 Å². The number of carbonyl (C=O) groups excluding carboxylic acids is 2. The lowest BCUT2D eigenvalue weighted by Gasteiger charge is -2.29. The van der Waals surface area contributed by atoms with Gasteiger partial charge in [-0.05, 0) is 75.7 Å². The average molecular weight is 478 g/mol. The molecule has 1 aliphatic rings. The van der Waals surface area contributed by atoms with Crippen LogP contribution in [0.5, 0.6) is 0 Å². The fourth-order valence-corrected chi connectivity index (χ4v) is 4.66. The second-order valence-corrected chi connectivity index (χ2v) is 10.7. The number of rotatable bonds is 8. The Hall–Kier alpha value is -2.82. The van der Waals surface area contributed by atoms with Crippen LogP contribution < -0.4 is 15.4 Å². The van der Waals surface area contributed by atoms with Crippen molar-refractivity contribution in [1.82, 2.24) is 10.0 Å². The summed E-state index contributed by atoms with van der Waals surface area (Å²) in [6, 6.07) is 9.96. The van der Waals surface area contributed by atoms with E-state index in [2.05, 4.69) is 15.4 Å². The molecule has 8 nitrogen and oxygen atoms in total. The lowest BCUT2D eigenvalue weighted by molar-refractivity contribution is -0.119. The Morgan fingerprint density at radius 2 is 1.67 bits per heavy atom. The second kappa shape index (κ2) is 9.98. The van der Waals surface area contributed by atoms with Gasteiger partial charge >= 0.3 is 0 Å². The Labute approximate surface area is 193 Å². The van der Waals surface area contributed by atoms with Gasteiger partial charge in [-0.15, -0.1) is 0 Å². The third-order valence-corrected chi connectivity index (χ3v) is 6.65. The van der Waals surface area contributed by atoms with Crippen LogP contribution in [0.4, 0.5) is 10.1 Å². The normalized spacial score (nSPS) is 15.4. The van der Waals surface area contributed by atoms with Crippen molar-refractivity contribution < 1.29 is 27.1 Å². The van der Waals surface area contributed by atoms with Crippen molar-refractivity contribution in [1.29, 1.82) is 0 Å². The summed E-state index contributed by atoms with van der Waals surface area (Å²) in [5.74, 6) is -1.27. The molecule has 2 amide bonds. The summed E-state index contributed by atoms with van der Waals surface area (Å²) >= 11 is 0. The molecule has 1 fully saturated rings. The van der Waals surface area contributed by atoms with Gasteiger partial charge in [0.25, 0.3) is 5.91 Å². The number of anilines is 1. The first kappa shape index (κ1) is 24.8. The minimum atomic E-state index is -3.70. The van der Waals surface area contributed by atoms with Crippen molar-refractivity contribution in [3.05, 3.63) is 59.9 Å². The Kier molecular flexibility index (Phi) is 7.51. The van der Waals surface area contributed by atoms with E-state index in [4.69, 9.17) is 4.74 Å². The van der Waals surface area contributed by atoms with Gasteiger partial charge in [-0.2, -0.15) is 0 Å². The van der Waals surface area contributed by atoms with E-state index < -0.39 is 39.2 Å². The molecular weight excluding hydrogens is 449 g/mol. The molecule has 0 spiro atoms. The van der Waals surface area contributed by atoms with Crippen molar-refractivity contribution in [2.24, 2.45) is 5.92 Å². The van der Waals surface area contributed by atoms with Crippen LogP contribution in [0, 0.1) is 11.7 Å². The SMILES string of the molecule is CC(C)(C)NS(=O)(=O)c1ccc(NC(=O)[C@H](CC2COC2)NC(=O)c2ccc(F)cc2)cc1. The third-order valence-electron chi connectivity index (χ3n) is 4.88. The maximum atomic E-state index is 13.1. The predicted molar refractivity (Wildman–Crippen MR) is 122 cm³/mol. The summed E-state index contributed by atoms with van der Waals surface area (Å²) in [6.45, 7) is 6.24. The van der Waals surface area contributed by atoms with Crippen LogP contribution in [0.15, 0.2) is 53.4 Å². The van der Waals surface area contributed by atoms with Gasteiger partial charge in [-0.3, -0.25) is 9.59 Å². The first-order valence-electron chi connectivity index (χ1n) is 10.5. The number of carbonyl (C=O) groups is 2. The monoisotopic (exact) mass is 477 g/mol. The van der Waals surface area contributed by atoms with Crippen molar-refractivity contribution in [2.45, 2.75) is 43.7 Å². The van der Waals surface area contributed by atoms with E-state index in [1.54, 1.807) is 20.8 Å². The number of sulfonamides is 1. The number of amides is 2. The molecule has 0 unspecified atom stereocenters. The molecule has 0 aromatic heterocycles. The van der Waals surface area contributed by atoms with Crippen LogP contribution in [-0.4, -0.2) is 45.0 Å². The molecule has 1 aliphatic heterocycles. The van der Waals surface area contributed by atoms with Crippen molar-refractivity contribution in [2.75, 3.05) is 18.5 Å². The molecule has 0 saturated carbocycles. The smallest absolute Gasteiger partial charge is 0.251 e. The summed E-state index contributed by atoms with van der Waals surface area (Å²) in [5, 5.41) is 5.42. The van der Waals surface area contributed by atoms with Gasteiger partial charge in [0, 0.05) is 22.7 Å². The van der Waals surface area contributed by atoms with E-state index in [-0.39, 0.29) is 16.4 Å². The number of hydrogen-bond acceptors (Lipinski definition) is 5. The molecule has 0 radical (unpaired) electrons. The average Bonchev–Trinajstić information content (AvgIpc) is 2.68.